The van der Waals surface area contributed by atoms with Crippen molar-refractivity contribution in [2.45, 2.75) is 77.2 Å². The molecule has 48 heavy (non-hydrogen) atoms. The quantitative estimate of drug-likeness (QED) is 0.123. The Hall–Kier alpha value is -4.60. The average Bonchev–Trinajstić information content (AvgIpc) is 3.00. The number of fused-ring (bicyclic) bond motifs is 2. The maximum Gasteiger partial charge on any atom is 0.506 e. The monoisotopic (exact) mass is 677 g/mol. The van der Waals surface area contributed by atoms with Crippen molar-refractivity contribution in [3.63, 3.8) is 0 Å². The number of nitrogens with two attached hydrogens (primary N) is 1. The lowest BCUT2D eigenvalue weighted by molar-refractivity contribution is -0.117. The van der Waals surface area contributed by atoms with Crippen molar-refractivity contribution in [2.75, 3.05) is 20.8 Å². The average molecular weight is 678 g/mol. The van der Waals surface area contributed by atoms with E-state index < -0.39 is 66.9 Å². The van der Waals surface area contributed by atoms with Gasteiger partial charge in [-0.15, -0.1) is 6.58 Å². The Morgan fingerprint density at radius 2 is 1.75 bits per heavy atom. The number of aliphatic hydroxyl groups is 1. The molecular formula is C33H47N3O12. The van der Waals surface area contributed by atoms with Crippen molar-refractivity contribution < 1.29 is 58.2 Å². The highest BCUT2D eigenvalue weighted by Gasteiger charge is 2.38. The van der Waals surface area contributed by atoms with E-state index in [2.05, 4.69) is 17.2 Å². The molecule has 1 aliphatic carbocycles. The third kappa shape index (κ3) is 11.3. The lowest BCUT2D eigenvalue weighted by Gasteiger charge is -2.35. The molecule has 15 heteroatoms. The predicted octanol–water partition coefficient (Wildman–Crippen LogP) is 3.53. The number of allylic oxidation sites excluding steroid dienone is 2. The van der Waals surface area contributed by atoms with Crippen molar-refractivity contribution in [1.82, 2.24) is 10.6 Å². The van der Waals surface area contributed by atoms with Gasteiger partial charge in [-0.3, -0.25) is 4.79 Å². The molecule has 2 bridgehead atoms. The molecule has 15 nitrogen and oxygen atoms in total. The minimum atomic E-state index is -1.64. The van der Waals surface area contributed by atoms with E-state index >= 15 is 0 Å². The van der Waals surface area contributed by atoms with Crippen LogP contribution in [0.5, 0.6) is 0 Å². The fraction of sp³-hybridized carbons (Fsp3) is 0.515. The van der Waals surface area contributed by atoms with E-state index in [1.54, 1.807) is 26.0 Å². The standard InChI is InChI=1S/C33H47N3O12/c1-8-12-35-26-21-13-17(2)14-25(45-7)27(37)19(4)15-20(5)28(47-31(34)39)23(44-6)11-9-10-18(3)30(38)36-22(29(21)48-33(42)43)16-24(26)46-32(40)41/h8-11,15-17,19,23-25,27-29,35,37H,1,12-14H2,2-7H3,(H2,34,39)(H,36,38)(H,40,41)(H,42,43)/b11-9-,18-10+,20-15+/t17-,19+,23+,24?,25+,27-,28+,29?/m1/s1. The molecule has 7 N–H and O–H groups in total. The Morgan fingerprint density at radius 3 is 2.31 bits per heavy atom. The summed E-state index contributed by atoms with van der Waals surface area (Å²) in [6.45, 7) is 10.7. The van der Waals surface area contributed by atoms with Gasteiger partial charge in [-0.1, -0.05) is 44.2 Å². The summed E-state index contributed by atoms with van der Waals surface area (Å²) in [5.41, 5.74) is 6.53. The van der Waals surface area contributed by atoms with Crippen LogP contribution in [0, 0.1) is 11.8 Å². The van der Waals surface area contributed by atoms with E-state index in [9.17, 15) is 34.5 Å². The summed E-state index contributed by atoms with van der Waals surface area (Å²) >= 11 is 0. The summed E-state index contributed by atoms with van der Waals surface area (Å²) in [7, 11) is 2.84. The zero-order valence-electron chi connectivity index (χ0n) is 28.0. The van der Waals surface area contributed by atoms with Gasteiger partial charge in [0.25, 0.3) is 5.91 Å². The number of hydrogen-bond acceptors (Lipinski definition) is 11. The largest absolute Gasteiger partial charge is 0.506 e. The van der Waals surface area contributed by atoms with Gasteiger partial charge in [0.2, 0.25) is 0 Å². The van der Waals surface area contributed by atoms with Crippen LogP contribution in [0.25, 0.3) is 0 Å². The molecule has 1 heterocycles. The first kappa shape index (κ1) is 39.6. The maximum absolute atomic E-state index is 13.4. The second kappa shape index (κ2) is 18.7. The summed E-state index contributed by atoms with van der Waals surface area (Å²) < 4.78 is 27.1. The van der Waals surface area contributed by atoms with Gasteiger partial charge >= 0.3 is 18.4 Å². The Bertz CT molecular complexity index is 1350. The molecule has 2 rings (SSSR count). The molecule has 266 valence electrons. The topological polar surface area (TPSA) is 225 Å². The molecule has 0 radical (unpaired) electrons. The normalized spacial score (nSPS) is 31.8. The van der Waals surface area contributed by atoms with Gasteiger partial charge in [0.15, 0.2) is 18.3 Å². The third-order valence-corrected chi connectivity index (χ3v) is 7.92. The maximum atomic E-state index is 13.4. The lowest BCUT2D eigenvalue weighted by atomic mass is 9.84. The number of methoxy groups -OCH3 is 2. The van der Waals surface area contributed by atoms with E-state index in [4.69, 9.17) is 29.4 Å². The van der Waals surface area contributed by atoms with Crippen LogP contribution >= 0.6 is 0 Å². The van der Waals surface area contributed by atoms with E-state index in [0.29, 0.717) is 11.1 Å². The molecule has 2 amide bonds. The number of aliphatic hydroxyl groups excluding tert-OH is 1. The van der Waals surface area contributed by atoms with Gasteiger partial charge in [-0.25, -0.2) is 14.4 Å². The molecule has 0 aromatic rings. The van der Waals surface area contributed by atoms with Crippen LogP contribution in [-0.2, 0) is 28.5 Å². The number of carbonyl (C=O) groups excluding carboxylic acids is 2. The summed E-state index contributed by atoms with van der Waals surface area (Å²) in [5, 5.41) is 36.3. The predicted molar refractivity (Wildman–Crippen MR) is 174 cm³/mol. The minimum Gasteiger partial charge on any atom is -0.450 e. The number of ether oxygens (including phenoxy) is 5. The van der Waals surface area contributed by atoms with Crippen LogP contribution < -0.4 is 16.4 Å². The van der Waals surface area contributed by atoms with Gasteiger partial charge in [0.05, 0.1) is 23.6 Å². The number of hydrogen-bond donors (Lipinski definition) is 6. The van der Waals surface area contributed by atoms with Crippen LogP contribution in [0.4, 0.5) is 14.4 Å². The molecule has 0 aromatic heterocycles. The second-order valence-electron chi connectivity index (χ2n) is 11.6. The van der Waals surface area contributed by atoms with Gasteiger partial charge in [-0.2, -0.15) is 0 Å². The number of carbonyl (C=O) groups is 4. The molecule has 2 unspecified atom stereocenters. The number of amides is 2. The smallest absolute Gasteiger partial charge is 0.450 e. The molecule has 0 saturated heterocycles. The molecule has 8 atom stereocenters. The molecule has 1 aliphatic heterocycles. The van der Waals surface area contributed by atoms with Crippen molar-refractivity contribution >= 4 is 24.3 Å². The van der Waals surface area contributed by atoms with Crippen molar-refractivity contribution in [1.29, 1.82) is 0 Å². The summed E-state index contributed by atoms with van der Waals surface area (Å²) in [5.74, 6) is -1.49. The van der Waals surface area contributed by atoms with E-state index in [1.807, 2.05) is 6.92 Å². The van der Waals surface area contributed by atoms with E-state index in [-0.39, 0.29) is 42.3 Å². The van der Waals surface area contributed by atoms with E-state index in [0.717, 1.165) is 0 Å². The van der Waals surface area contributed by atoms with E-state index in [1.165, 1.54) is 45.4 Å². The first-order valence-electron chi connectivity index (χ1n) is 15.3. The fourth-order valence-corrected chi connectivity index (χ4v) is 5.64. The lowest BCUT2D eigenvalue weighted by Crippen LogP contribution is -2.43. The third-order valence-electron chi connectivity index (χ3n) is 7.92. The summed E-state index contributed by atoms with van der Waals surface area (Å²) in [6, 6.07) is 0. The van der Waals surface area contributed by atoms with Gasteiger partial charge in [0, 0.05) is 32.3 Å². The number of carboxylic acid groups (broad SMARTS) is 2. The van der Waals surface area contributed by atoms with Crippen molar-refractivity contribution in [3.8, 4) is 0 Å². The van der Waals surface area contributed by atoms with Gasteiger partial charge < -0.3 is 55.4 Å². The zero-order chi connectivity index (χ0) is 36.1. The zero-order valence-corrected chi connectivity index (χ0v) is 28.0. The summed E-state index contributed by atoms with van der Waals surface area (Å²) in [6.07, 6.45) is -1.14. The van der Waals surface area contributed by atoms with Gasteiger partial charge in [0.1, 0.15) is 6.10 Å². The highest BCUT2D eigenvalue weighted by Crippen LogP contribution is 2.34. The SMILES string of the molecule is C=CCNC1=C2C[C@@H](C)C[C@H](OC)[C@H](O)[C@@H](C)/C=C(\C)[C@H](OC(N)=O)[C@@H](OC)/C=C\C=C(/C)C(=O)NC(=CC1OC(=O)O)C2OC(=O)O. The van der Waals surface area contributed by atoms with Crippen LogP contribution in [0.3, 0.4) is 0 Å². The van der Waals surface area contributed by atoms with Crippen LogP contribution in [0.15, 0.2) is 71.1 Å². The number of nitrogens with one attached hydrogen (secondary N) is 2. The number of primary amides is 1. The molecular weight excluding hydrogens is 630 g/mol. The first-order valence-corrected chi connectivity index (χ1v) is 15.3. The fourth-order valence-electron chi connectivity index (χ4n) is 5.64. The summed E-state index contributed by atoms with van der Waals surface area (Å²) in [4.78, 5) is 48.9. The van der Waals surface area contributed by atoms with Crippen LogP contribution in [0.1, 0.15) is 40.5 Å². The highest BCUT2D eigenvalue weighted by molar-refractivity contribution is 5.94. The van der Waals surface area contributed by atoms with Gasteiger partial charge in [-0.05, 0) is 49.8 Å². The Labute approximate surface area is 279 Å². The van der Waals surface area contributed by atoms with Crippen molar-refractivity contribution in [3.05, 3.63) is 71.1 Å². The number of rotatable bonds is 8. The Kier molecular flexibility index (Phi) is 15.4. The van der Waals surface area contributed by atoms with Crippen molar-refractivity contribution in [2.24, 2.45) is 17.6 Å². The molecule has 0 spiro atoms. The second-order valence-corrected chi connectivity index (χ2v) is 11.6. The molecule has 0 saturated carbocycles. The Morgan fingerprint density at radius 1 is 1.08 bits per heavy atom. The highest BCUT2D eigenvalue weighted by atomic mass is 16.7. The molecule has 0 aromatic carbocycles. The van der Waals surface area contributed by atoms with Crippen LogP contribution in [-0.4, -0.2) is 97.0 Å². The first-order chi connectivity index (χ1) is 22.6. The molecule has 0 fully saturated rings. The van der Waals surface area contributed by atoms with Crippen LogP contribution in [0.2, 0.25) is 0 Å². The minimum absolute atomic E-state index is 0.0592. The molecule has 2 aliphatic rings. The Balaban J connectivity index is 2.80.